The second-order valence-electron chi connectivity index (χ2n) is 6.10. The van der Waals surface area contributed by atoms with Crippen molar-refractivity contribution in [2.24, 2.45) is 5.92 Å². The number of rotatable bonds is 5. The number of hydrogen-bond donors (Lipinski definition) is 1. The van der Waals surface area contributed by atoms with E-state index in [-0.39, 0.29) is 5.91 Å². The lowest BCUT2D eigenvalue weighted by Crippen LogP contribution is -2.40. The van der Waals surface area contributed by atoms with Crippen molar-refractivity contribution in [2.75, 3.05) is 25.5 Å². The maximum Gasteiger partial charge on any atom is 0.276 e. The van der Waals surface area contributed by atoms with E-state index < -0.39 is 0 Å². The number of likely N-dealkylation sites (tertiary alicyclic amines) is 1. The third-order valence-corrected chi connectivity index (χ3v) is 4.43. The van der Waals surface area contributed by atoms with Crippen molar-refractivity contribution in [2.45, 2.75) is 32.6 Å². The Morgan fingerprint density at radius 1 is 1.42 bits per heavy atom. The maximum atomic E-state index is 12.6. The number of nitrogens with one attached hydrogen (secondary N) is 1. The average molecular weight is 329 g/mol. The van der Waals surface area contributed by atoms with Crippen LogP contribution in [0.2, 0.25) is 0 Å². The third-order valence-electron chi connectivity index (χ3n) is 4.43. The van der Waals surface area contributed by atoms with Gasteiger partial charge >= 0.3 is 0 Å². The summed E-state index contributed by atoms with van der Waals surface area (Å²) in [5.74, 6) is 1.88. The van der Waals surface area contributed by atoms with E-state index >= 15 is 0 Å². The molecule has 7 heteroatoms. The Balaban J connectivity index is 1.66. The number of aromatic nitrogens is 3. The number of carbonyl (C=O) groups excluding carboxylic acids is 1. The Morgan fingerprint density at radius 3 is 3.00 bits per heavy atom. The van der Waals surface area contributed by atoms with E-state index in [9.17, 15) is 4.79 Å². The summed E-state index contributed by atoms with van der Waals surface area (Å²) >= 11 is 0. The van der Waals surface area contributed by atoms with Gasteiger partial charge in [-0.15, -0.1) is 0 Å². The number of anilines is 1. The van der Waals surface area contributed by atoms with Crippen LogP contribution in [0.1, 0.15) is 41.7 Å². The fraction of sp³-hybridized carbons (Fsp3) is 0.529. The summed E-state index contributed by atoms with van der Waals surface area (Å²) < 4.78 is 5.15. The highest BCUT2D eigenvalue weighted by Crippen LogP contribution is 2.23. The van der Waals surface area contributed by atoms with Crippen molar-refractivity contribution >= 4 is 11.7 Å². The SMILES string of the molecule is CCc1cc(C(=O)N2CCC[C@@H](Cc3nccnc3NC)C2)no1. The van der Waals surface area contributed by atoms with Crippen molar-refractivity contribution in [3.8, 4) is 0 Å². The first kappa shape index (κ1) is 16.4. The smallest absolute Gasteiger partial charge is 0.276 e. The lowest BCUT2D eigenvalue weighted by Gasteiger charge is -2.32. The van der Waals surface area contributed by atoms with Crippen LogP contribution in [0.5, 0.6) is 0 Å². The zero-order valence-electron chi connectivity index (χ0n) is 14.2. The number of piperidine rings is 1. The Hall–Kier alpha value is -2.44. The molecule has 0 radical (unpaired) electrons. The van der Waals surface area contributed by atoms with Gasteiger partial charge in [-0.3, -0.25) is 9.78 Å². The highest BCUT2D eigenvalue weighted by molar-refractivity contribution is 5.92. The molecule has 1 aliphatic heterocycles. The van der Waals surface area contributed by atoms with E-state index in [1.807, 2.05) is 18.9 Å². The Kier molecular flexibility index (Phi) is 5.08. The molecule has 1 atom stereocenters. The molecule has 0 unspecified atom stereocenters. The van der Waals surface area contributed by atoms with Gasteiger partial charge in [0.25, 0.3) is 5.91 Å². The molecule has 0 aliphatic carbocycles. The van der Waals surface area contributed by atoms with Crippen molar-refractivity contribution in [3.63, 3.8) is 0 Å². The first-order valence-electron chi connectivity index (χ1n) is 8.43. The molecule has 3 rings (SSSR count). The molecular formula is C17H23N5O2. The lowest BCUT2D eigenvalue weighted by atomic mass is 9.93. The van der Waals surface area contributed by atoms with Crippen LogP contribution >= 0.6 is 0 Å². The van der Waals surface area contributed by atoms with Gasteiger partial charge in [0.15, 0.2) is 5.69 Å². The Morgan fingerprint density at radius 2 is 2.25 bits per heavy atom. The van der Waals surface area contributed by atoms with Crippen LogP contribution < -0.4 is 5.32 Å². The molecule has 2 aromatic heterocycles. The third kappa shape index (κ3) is 3.55. The standard InChI is InChI=1S/C17H23N5O2/c1-3-13-10-15(21-24-13)17(23)22-8-4-5-12(11-22)9-14-16(18-2)20-7-6-19-14/h6-7,10,12H,3-5,8-9,11H2,1-2H3,(H,18,20)/t12-/m0/s1. The normalized spacial score (nSPS) is 17.8. The van der Waals surface area contributed by atoms with Gasteiger partial charge in [-0.05, 0) is 25.2 Å². The zero-order chi connectivity index (χ0) is 16.9. The summed E-state index contributed by atoms with van der Waals surface area (Å²) in [6, 6.07) is 1.74. The molecule has 24 heavy (non-hydrogen) atoms. The van der Waals surface area contributed by atoms with Crippen LogP contribution in [0.25, 0.3) is 0 Å². The monoisotopic (exact) mass is 329 g/mol. The number of nitrogens with zero attached hydrogens (tertiary/aromatic N) is 4. The second kappa shape index (κ2) is 7.42. The predicted molar refractivity (Wildman–Crippen MR) is 89.8 cm³/mol. The number of aryl methyl sites for hydroxylation is 1. The first-order chi connectivity index (χ1) is 11.7. The van der Waals surface area contributed by atoms with Crippen LogP contribution in [-0.4, -0.2) is 46.1 Å². The fourth-order valence-electron chi connectivity index (χ4n) is 3.16. The summed E-state index contributed by atoms with van der Waals surface area (Å²) in [6.45, 7) is 3.46. The van der Waals surface area contributed by atoms with Crippen LogP contribution in [0.4, 0.5) is 5.82 Å². The predicted octanol–water partition coefficient (Wildman–Crippen LogP) is 2.16. The van der Waals surface area contributed by atoms with E-state index in [0.717, 1.165) is 49.5 Å². The molecule has 0 bridgehead atoms. The van der Waals surface area contributed by atoms with Crippen molar-refractivity contribution in [3.05, 3.63) is 35.6 Å². The van der Waals surface area contributed by atoms with E-state index in [1.54, 1.807) is 18.5 Å². The van der Waals surface area contributed by atoms with Crippen LogP contribution in [-0.2, 0) is 12.8 Å². The maximum absolute atomic E-state index is 12.6. The molecule has 128 valence electrons. The molecule has 0 saturated carbocycles. The van der Waals surface area contributed by atoms with Gasteiger partial charge in [0.2, 0.25) is 0 Å². The molecule has 1 saturated heterocycles. The van der Waals surface area contributed by atoms with Gasteiger partial charge in [0.1, 0.15) is 11.6 Å². The van der Waals surface area contributed by atoms with E-state index in [2.05, 4.69) is 20.4 Å². The number of hydrogen-bond acceptors (Lipinski definition) is 6. The van der Waals surface area contributed by atoms with E-state index in [0.29, 0.717) is 18.2 Å². The molecule has 1 amide bonds. The summed E-state index contributed by atoms with van der Waals surface area (Å²) in [7, 11) is 1.85. The summed E-state index contributed by atoms with van der Waals surface area (Å²) in [6.07, 6.45) is 7.02. The molecule has 2 aromatic rings. The van der Waals surface area contributed by atoms with Crippen LogP contribution in [0, 0.1) is 5.92 Å². The number of amides is 1. The highest BCUT2D eigenvalue weighted by Gasteiger charge is 2.27. The topological polar surface area (TPSA) is 84.2 Å². The van der Waals surface area contributed by atoms with Gasteiger partial charge in [-0.2, -0.15) is 0 Å². The van der Waals surface area contributed by atoms with E-state index in [4.69, 9.17) is 4.52 Å². The van der Waals surface area contributed by atoms with Crippen molar-refractivity contribution in [1.82, 2.24) is 20.0 Å². The summed E-state index contributed by atoms with van der Waals surface area (Å²) in [5.41, 5.74) is 1.36. The average Bonchev–Trinajstić information content (AvgIpc) is 3.11. The number of carbonyl (C=O) groups is 1. The summed E-state index contributed by atoms with van der Waals surface area (Å²) in [4.78, 5) is 23.2. The molecule has 1 aliphatic rings. The molecule has 1 N–H and O–H groups in total. The quantitative estimate of drug-likeness (QED) is 0.905. The van der Waals surface area contributed by atoms with Crippen molar-refractivity contribution < 1.29 is 9.32 Å². The zero-order valence-corrected chi connectivity index (χ0v) is 14.2. The van der Waals surface area contributed by atoms with Gasteiger partial charge in [0.05, 0.1) is 5.69 Å². The molecule has 7 nitrogen and oxygen atoms in total. The van der Waals surface area contributed by atoms with Gasteiger partial charge in [-0.1, -0.05) is 12.1 Å². The molecule has 0 spiro atoms. The second-order valence-corrected chi connectivity index (χ2v) is 6.10. The van der Waals surface area contributed by atoms with Gasteiger partial charge < -0.3 is 14.7 Å². The van der Waals surface area contributed by atoms with Crippen LogP contribution in [0.3, 0.4) is 0 Å². The first-order valence-corrected chi connectivity index (χ1v) is 8.43. The molecule has 1 fully saturated rings. The minimum atomic E-state index is -0.0452. The highest BCUT2D eigenvalue weighted by atomic mass is 16.5. The summed E-state index contributed by atoms with van der Waals surface area (Å²) in [5, 5.41) is 6.98. The minimum Gasteiger partial charge on any atom is -0.372 e. The largest absolute Gasteiger partial charge is 0.372 e. The van der Waals surface area contributed by atoms with E-state index in [1.165, 1.54) is 0 Å². The van der Waals surface area contributed by atoms with Crippen molar-refractivity contribution in [1.29, 1.82) is 0 Å². The van der Waals surface area contributed by atoms with Crippen LogP contribution in [0.15, 0.2) is 23.0 Å². The molecule has 0 aromatic carbocycles. The molecule has 3 heterocycles. The van der Waals surface area contributed by atoms with Gasteiger partial charge in [0, 0.05) is 45.0 Å². The Labute approximate surface area is 141 Å². The lowest BCUT2D eigenvalue weighted by molar-refractivity contribution is 0.0662. The fourth-order valence-corrected chi connectivity index (χ4v) is 3.16. The molecular weight excluding hydrogens is 306 g/mol. The Bertz CT molecular complexity index is 700. The van der Waals surface area contributed by atoms with Gasteiger partial charge in [-0.25, -0.2) is 4.98 Å². The minimum absolute atomic E-state index is 0.0452.